The first kappa shape index (κ1) is 25.8. The fourth-order valence-corrected chi connectivity index (χ4v) is 6.67. The number of carbonyl (C=O) groups excluding carboxylic acids is 3. The zero-order valence-electron chi connectivity index (χ0n) is 20.1. The number of nitrogens with one attached hydrogen (secondary N) is 1. The van der Waals surface area contributed by atoms with Crippen molar-refractivity contribution in [3.8, 4) is 0 Å². The number of nitrogens with zero attached hydrogens (tertiary/aromatic N) is 3. The molecule has 2 aromatic rings. The van der Waals surface area contributed by atoms with Crippen molar-refractivity contribution in [2.24, 2.45) is 0 Å². The third-order valence-electron chi connectivity index (χ3n) is 6.92. The second kappa shape index (κ2) is 10.2. The average Bonchev–Trinajstić information content (AvgIpc) is 3.24. The molecule has 0 saturated carbocycles. The highest BCUT2D eigenvalue weighted by Crippen LogP contribution is 2.28. The van der Waals surface area contributed by atoms with Gasteiger partial charge in [-0.05, 0) is 43.3 Å². The topological polar surface area (TPSA) is 99.3 Å². The number of alkyl carbamates (subject to hydrolysis) is 1. The molecule has 12 heteroatoms. The molecule has 1 spiro atoms. The lowest BCUT2D eigenvalue weighted by Gasteiger charge is -2.45. The summed E-state index contributed by atoms with van der Waals surface area (Å²) < 4.78 is 17.8. The molecule has 0 aromatic heterocycles. The second-order valence-electron chi connectivity index (χ2n) is 9.64. The molecule has 0 bridgehead atoms. The molecule has 3 amide bonds. The fourth-order valence-electron chi connectivity index (χ4n) is 4.99. The number of hydrogen-bond donors (Lipinski definition) is 1. The van der Waals surface area contributed by atoms with Crippen LogP contribution in [0.3, 0.4) is 0 Å². The van der Waals surface area contributed by atoms with Gasteiger partial charge < -0.3 is 24.8 Å². The van der Waals surface area contributed by atoms with Gasteiger partial charge in [0.2, 0.25) is 5.91 Å². The Bertz CT molecular complexity index is 1290. The van der Waals surface area contributed by atoms with Crippen LogP contribution in [0.1, 0.15) is 17.3 Å². The average molecular weight is 565 g/mol. The largest absolute Gasteiger partial charge is 0.447 e. The number of likely N-dealkylation sites (tertiary alicyclic amines) is 1. The molecule has 1 N–H and O–H groups in total. The van der Waals surface area contributed by atoms with Crippen molar-refractivity contribution >= 4 is 57.6 Å². The van der Waals surface area contributed by atoms with Crippen LogP contribution in [0.25, 0.3) is 0 Å². The van der Waals surface area contributed by atoms with E-state index in [1.54, 1.807) is 17.0 Å². The number of hydrogen-bond acceptors (Lipinski definition) is 6. The van der Waals surface area contributed by atoms with Crippen molar-refractivity contribution in [3.63, 3.8) is 0 Å². The molecule has 2 atom stereocenters. The van der Waals surface area contributed by atoms with Crippen molar-refractivity contribution in [3.05, 3.63) is 58.1 Å². The highest BCUT2D eigenvalue weighted by atomic mass is 35.5. The minimum atomic E-state index is -1.68. The van der Waals surface area contributed by atoms with Crippen molar-refractivity contribution in [2.45, 2.75) is 23.4 Å². The standard InChI is InChI=1S/C25H26Cl2N4O5S/c1-16-11-29(7-8-31(16)19-4-2-3-18(26)10-19)23(33)17-5-6-21(20(27)9-17)37(35)12-22(32)30-13-25(14-30)15-36-24(34)28-25/h2-6,9-10,16H,7-8,11-15H2,1H3,(H,28,34). The maximum Gasteiger partial charge on any atom is 0.407 e. The summed E-state index contributed by atoms with van der Waals surface area (Å²) in [5.74, 6) is -0.687. The predicted octanol–water partition coefficient (Wildman–Crippen LogP) is 2.77. The molecular formula is C25H26Cl2N4O5S. The summed E-state index contributed by atoms with van der Waals surface area (Å²) >= 11 is 12.5. The molecule has 3 aliphatic rings. The van der Waals surface area contributed by atoms with Gasteiger partial charge in [0.05, 0.1) is 20.7 Å². The monoisotopic (exact) mass is 564 g/mol. The van der Waals surface area contributed by atoms with Gasteiger partial charge in [0, 0.05) is 55.0 Å². The first-order valence-corrected chi connectivity index (χ1v) is 13.9. The van der Waals surface area contributed by atoms with E-state index >= 15 is 0 Å². The molecule has 5 rings (SSSR count). The quantitative estimate of drug-likeness (QED) is 0.599. The highest BCUT2D eigenvalue weighted by Gasteiger charge is 2.51. The number of halogens is 2. The number of amides is 3. The zero-order valence-corrected chi connectivity index (χ0v) is 22.4. The van der Waals surface area contributed by atoms with Crippen LogP contribution in [0.2, 0.25) is 10.0 Å². The number of piperazine rings is 1. The lowest BCUT2D eigenvalue weighted by molar-refractivity contribution is -0.136. The van der Waals surface area contributed by atoms with Crippen LogP contribution in [0.5, 0.6) is 0 Å². The van der Waals surface area contributed by atoms with Gasteiger partial charge in [-0.25, -0.2) is 4.79 Å². The number of ether oxygens (including phenoxy) is 1. The Morgan fingerprint density at radius 1 is 1.14 bits per heavy atom. The van der Waals surface area contributed by atoms with E-state index in [0.717, 1.165) is 5.69 Å². The third kappa shape index (κ3) is 5.28. The SMILES string of the molecule is CC1CN(C(=O)c2ccc(S(=O)CC(=O)N3CC4(COC(=O)N4)C3)c(Cl)c2)CCN1c1cccc(Cl)c1. The molecule has 3 fully saturated rings. The van der Waals surface area contributed by atoms with Crippen LogP contribution in [0, 0.1) is 0 Å². The molecule has 0 radical (unpaired) electrons. The Morgan fingerprint density at radius 3 is 2.57 bits per heavy atom. The normalized spacial score (nSPS) is 21.3. The van der Waals surface area contributed by atoms with E-state index in [1.165, 1.54) is 11.0 Å². The summed E-state index contributed by atoms with van der Waals surface area (Å²) in [7, 11) is -1.68. The lowest BCUT2D eigenvalue weighted by Crippen LogP contribution is -2.70. The summed E-state index contributed by atoms with van der Waals surface area (Å²) in [6, 6.07) is 12.4. The number of benzene rings is 2. The molecule has 3 aliphatic heterocycles. The molecule has 2 aromatic carbocycles. The summed E-state index contributed by atoms with van der Waals surface area (Å²) in [4.78, 5) is 42.9. The number of rotatable bonds is 5. The Morgan fingerprint density at radius 2 is 1.92 bits per heavy atom. The van der Waals surface area contributed by atoms with Gasteiger partial charge in [-0.3, -0.25) is 13.8 Å². The van der Waals surface area contributed by atoms with Crippen molar-refractivity contribution in [1.82, 2.24) is 15.1 Å². The van der Waals surface area contributed by atoms with E-state index in [-0.39, 0.29) is 35.2 Å². The van der Waals surface area contributed by atoms with E-state index in [4.69, 9.17) is 27.9 Å². The first-order chi connectivity index (χ1) is 17.6. The van der Waals surface area contributed by atoms with Crippen molar-refractivity contribution in [2.75, 3.05) is 50.0 Å². The minimum Gasteiger partial charge on any atom is -0.447 e. The summed E-state index contributed by atoms with van der Waals surface area (Å²) in [6.07, 6.45) is -0.491. The van der Waals surface area contributed by atoms with E-state index in [9.17, 15) is 18.6 Å². The van der Waals surface area contributed by atoms with E-state index in [2.05, 4.69) is 17.1 Å². The Labute approximate surface area is 227 Å². The maximum atomic E-state index is 13.2. The van der Waals surface area contributed by atoms with Gasteiger partial charge in [-0.1, -0.05) is 29.3 Å². The van der Waals surface area contributed by atoms with Crippen LogP contribution in [-0.2, 0) is 20.3 Å². The van der Waals surface area contributed by atoms with Gasteiger partial charge in [0.15, 0.2) is 0 Å². The molecular weight excluding hydrogens is 539 g/mol. The van der Waals surface area contributed by atoms with Crippen LogP contribution in [0.4, 0.5) is 10.5 Å². The van der Waals surface area contributed by atoms with Crippen LogP contribution < -0.4 is 10.2 Å². The zero-order chi connectivity index (χ0) is 26.3. The summed E-state index contributed by atoms with van der Waals surface area (Å²) in [5, 5.41) is 3.56. The highest BCUT2D eigenvalue weighted by molar-refractivity contribution is 7.85. The van der Waals surface area contributed by atoms with E-state index < -0.39 is 22.4 Å². The Balaban J connectivity index is 1.18. The minimum absolute atomic E-state index is 0.0918. The van der Waals surface area contributed by atoms with Gasteiger partial charge in [0.25, 0.3) is 5.91 Å². The third-order valence-corrected chi connectivity index (χ3v) is 8.94. The Hall–Kier alpha value is -2.82. The summed E-state index contributed by atoms with van der Waals surface area (Å²) in [6.45, 7) is 4.65. The molecule has 3 heterocycles. The van der Waals surface area contributed by atoms with Gasteiger partial charge in [-0.2, -0.15) is 0 Å². The van der Waals surface area contributed by atoms with E-state index in [0.29, 0.717) is 48.2 Å². The predicted molar refractivity (Wildman–Crippen MR) is 141 cm³/mol. The van der Waals surface area contributed by atoms with Gasteiger partial charge >= 0.3 is 6.09 Å². The fraction of sp³-hybridized carbons (Fsp3) is 0.400. The molecule has 0 aliphatic carbocycles. The number of anilines is 1. The molecule has 3 saturated heterocycles. The van der Waals surface area contributed by atoms with Crippen LogP contribution >= 0.6 is 23.2 Å². The second-order valence-corrected chi connectivity index (χ2v) is 11.9. The molecule has 2 unspecified atom stereocenters. The van der Waals surface area contributed by atoms with Gasteiger partial charge in [-0.15, -0.1) is 0 Å². The molecule has 196 valence electrons. The summed E-state index contributed by atoms with van der Waals surface area (Å²) in [5.41, 5.74) is 0.888. The Kier molecular flexibility index (Phi) is 7.08. The number of cyclic esters (lactones) is 1. The smallest absolute Gasteiger partial charge is 0.407 e. The van der Waals surface area contributed by atoms with Crippen LogP contribution in [-0.4, -0.2) is 88.6 Å². The lowest BCUT2D eigenvalue weighted by atomic mass is 9.92. The first-order valence-electron chi connectivity index (χ1n) is 11.9. The molecule has 37 heavy (non-hydrogen) atoms. The van der Waals surface area contributed by atoms with Crippen molar-refractivity contribution in [1.29, 1.82) is 0 Å². The van der Waals surface area contributed by atoms with Crippen LogP contribution in [0.15, 0.2) is 47.4 Å². The molecule has 9 nitrogen and oxygen atoms in total. The van der Waals surface area contributed by atoms with Gasteiger partial charge in [0.1, 0.15) is 17.9 Å². The maximum absolute atomic E-state index is 13.2. The number of carbonyl (C=O) groups is 3. The van der Waals surface area contributed by atoms with E-state index in [1.807, 2.05) is 24.3 Å². The van der Waals surface area contributed by atoms with Crippen molar-refractivity contribution < 1.29 is 23.3 Å².